The van der Waals surface area contributed by atoms with Crippen molar-refractivity contribution in [3.05, 3.63) is 87.4 Å². The summed E-state index contributed by atoms with van der Waals surface area (Å²) >= 11 is 19.0. The lowest BCUT2D eigenvalue weighted by Crippen LogP contribution is -2.44. The van der Waals surface area contributed by atoms with Crippen LogP contribution in [0.1, 0.15) is 24.4 Å². The Morgan fingerprint density at radius 1 is 0.886 bits per heavy atom. The van der Waals surface area contributed by atoms with E-state index in [1.54, 1.807) is 12.1 Å². The standard InChI is InChI=1S/C28H30Cl3N3O/c1-32(2)19-28(35)34(22-13-14-25(30)26(31)17-22)27(18-33-15-5-6-16-33)21-11-9-20(10-12-21)23-7-3-4-8-24(23)29/h3-4,7-14,17,27H,5-6,15-16,18-19H2,1-2H3. The molecule has 0 spiro atoms. The topological polar surface area (TPSA) is 26.8 Å². The maximum atomic E-state index is 13.6. The van der Waals surface area contributed by atoms with Crippen LogP contribution >= 0.6 is 34.8 Å². The molecule has 0 bridgehead atoms. The van der Waals surface area contributed by atoms with Crippen LogP contribution < -0.4 is 4.90 Å². The molecule has 1 aliphatic heterocycles. The molecule has 4 nitrogen and oxygen atoms in total. The van der Waals surface area contributed by atoms with Crippen LogP contribution in [-0.4, -0.2) is 56.0 Å². The first kappa shape index (κ1) is 26.0. The van der Waals surface area contributed by atoms with Gasteiger partial charge in [-0.2, -0.15) is 0 Å². The number of likely N-dealkylation sites (N-methyl/N-ethyl adjacent to an activating group) is 1. The lowest BCUT2D eigenvalue weighted by molar-refractivity contribution is -0.119. The summed E-state index contributed by atoms with van der Waals surface area (Å²) in [5, 5.41) is 1.61. The van der Waals surface area contributed by atoms with Crippen molar-refractivity contribution >= 4 is 46.4 Å². The molecule has 0 aliphatic carbocycles. The Kier molecular flexibility index (Phi) is 8.74. The van der Waals surface area contributed by atoms with Crippen molar-refractivity contribution < 1.29 is 4.79 Å². The largest absolute Gasteiger partial charge is 0.302 e. The highest BCUT2D eigenvalue weighted by atomic mass is 35.5. The van der Waals surface area contributed by atoms with Gasteiger partial charge in [-0.25, -0.2) is 0 Å². The van der Waals surface area contributed by atoms with Crippen LogP contribution in [0.4, 0.5) is 5.69 Å². The molecule has 1 aliphatic rings. The number of halogens is 3. The van der Waals surface area contributed by atoms with Crippen LogP contribution in [0.3, 0.4) is 0 Å². The summed E-state index contributed by atoms with van der Waals surface area (Å²) in [6.45, 7) is 3.09. The third kappa shape index (κ3) is 6.38. The second kappa shape index (κ2) is 11.8. The molecule has 7 heteroatoms. The van der Waals surface area contributed by atoms with Gasteiger partial charge in [0, 0.05) is 22.8 Å². The van der Waals surface area contributed by atoms with Crippen molar-refractivity contribution in [2.24, 2.45) is 0 Å². The number of hydrogen-bond donors (Lipinski definition) is 0. The van der Waals surface area contributed by atoms with E-state index in [1.807, 2.05) is 54.2 Å². The summed E-state index contributed by atoms with van der Waals surface area (Å²) in [5.41, 5.74) is 3.83. The Morgan fingerprint density at radius 2 is 1.57 bits per heavy atom. The molecule has 1 unspecified atom stereocenters. The fourth-order valence-corrected chi connectivity index (χ4v) is 5.14. The molecule has 0 saturated carbocycles. The van der Waals surface area contributed by atoms with Crippen molar-refractivity contribution in [1.82, 2.24) is 9.80 Å². The maximum absolute atomic E-state index is 13.6. The number of benzene rings is 3. The zero-order valence-electron chi connectivity index (χ0n) is 20.1. The van der Waals surface area contributed by atoms with Gasteiger partial charge >= 0.3 is 0 Å². The lowest BCUT2D eigenvalue weighted by atomic mass is 9.98. The van der Waals surface area contributed by atoms with Gasteiger partial charge in [0.25, 0.3) is 0 Å². The maximum Gasteiger partial charge on any atom is 0.241 e. The summed E-state index contributed by atoms with van der Waals surface area (Å²) in [4.78, 5) is 19.8. The Balaban J connectivity index is 1.76. The third-order valence-electron chi connectivity index (χ3n) is 6.32. The van der Waals surface area contributed by atoms with E-state index < -0.39 is 0 Å². The monoisotopic (exact) mass is 529 g/mol. The van der Waals surface area contributed by atoms with Crippen molar-refractivity contribution in [3.8, 4) is 11.1 Å². The molecule has 3 aromatic carbocycles. The Morgan fingerprint density at radius 3 is 2.20 bits per heavy atom. The summed E-state index contributed by atoms with van der Waals surface area (Å²) < 4.78 is 0. The number of carbonyl (C=O) groups is 1. The number of hydrogen-bond acceptors (Lipinski definition) is 3. The van der Waals surface area contributed by atoms with E-state index in [-0.39, 0.29) is 18.5 Å². The minimum atomic E-state index is -0.182. The molecule has 0 radical (unpaired) electrons. The van der Waals surface area contributed by atoms with E-state index in [2.05, 4.69) is 29.2 Å². The molecular weight excluding hydrogens is 501 g/mol. The van der Waals surface area contributed by atoms with Gasteiger partial charge in [-0.15, -0.1) is 0 Å². The molecule has 1 heterocycles. The summed E-state index contributed by atoms with van der Waals surface area (Å²) in [7, 11) is 3.80. The summed E-state index contributed by atoms with van der Waals surface area (Å²) in [6.07, 6.45) is 2.35. The van der Waals surface area contributed by atoms with Crippen LogP contribution in [-0.2, 0) is 4.79 Å². The Bertz CT molecular complexity index is 1160. The molecule has 1 saturated heterocycles. The van der Waals surface area contributed by atoms with Gasteiger partial charge in [-0.05, 0) is 75.4 Å². The molecular formula is C28H30Cl3N3O. The van der Waals surface area contributed by atoms with E-state index in [9.17, 15) is 4.79 Å². The SMILES string of the molecule is CN(C)CC(=O)N(c1ccc(Cl)c(Cl)c1)C(CN1CCCC1)c1ccc(-c2ccccc2Cl)cc1. The number of rotatable bonds is 8. The van der Waals surface area contributed by atoms with Gasteiger partial charge in [0.05, 0.1) is 22.6 Å². The average molecular weight is 531 g/mol. The molecule has 184 valence electrons. The summed E-state index contributed by atoms with van der Waals surface area (Å²) in [6, 6.07) is 21.4. The van der Waals surface area contributed by atoms with Crippen LogP contribution in [0.2, 0.25) is 15.1 Å². The Labute approximate surface area is 223 Å². The van der Waals surface area contributed by atoms with Crippen molar-refractivity contribution in [2.75, 3.05) is 45.2 Å². The lowest BCUT2D eigenvalue weighted by Gasteiger charge is -2.36. The smallest absolute Gasteiger partial charge is 0.241 e. The number of anilines is 1. The van der Waals surface area contributed by atoms with E-state index in [4.69, 9.17) is 34.8 Å². The highest BCUT2D eigenvalue weighted by Gasteiger charge is 2.30. The fraction of sp³-hybridized carbons (Fsp3) is 0.321. The minimum Gasteiger partial charge on any atom is -0.302 e. The quantitative estimate of drug-likeness (QED) is 0.312. The number of nitrogens with zero attached hydrogens (tertiary/aromatic N) is 3. The molecule has 1 fully saturated rings. The van der Waals surface area contributed by atoms with E-state index in [0.29, 0.717) is 15.1 Å². The third-order valence-corrected chi connectivity index (χ3v) is 7.39. The predicted molar refractivity (Wildman–Crippen MR) is 148 cm³/mol. The summed E-state index contributed by atoms with van der Waals surface area (Å²) in [5.74, 6) is 0.00719. The molecule has 0 aromatic heterocycles. The van der Waals surface area contributed by atoms with Gasteiger partial charge in [-0.1, -0.05) is 77.3 Å². The molecule has 1 amide bonds. The van der Waals surface area contributed by atoms with Crippen LogP contribution in [0.15, 0.2) is 66.7 Å². The fourth-order valence-electron chi connectivity index (χ4n) is 4.61. The zero-order chi connectivity index (χ0) is 24.9. The number of likely N-dealkylation sites (tertiary alicyclic amines) is 1. The van der Waals surface area contributed by atoms with E-state index in [0.717, 1.165) is 42.0 Å². The van der Waals surface area contributed by atoms with Gasteiger partial charge in [0.15, 0.2) is 0 Å². The van der Waals surface area contributed by atoms with E-state index >= 15 is 0 Å². The van der Waals surface area contributed by atoms with Crippen LogP contribution in [0.25, 0.3) is 11.1 Å². The first-order chi connectivity index (χ1) is 16.8. The highest BCUT2D eigenvalue weighted by molar-refractivity contribution is 6.42. The normalized spacial score (nSPS) is 14.9. The van der Waals surface area contributed by atoms with Crippen LogP contribution in [0, 0.1) is 0 Å². The van der Waals surface area contributed by atoms with Gasteiger partial charge in [0.2, 0.25) is 5.91 Å². The second-order valence-corrected chi connectivity index (χ2v) is 10.4. The predicted octanol–water partition coefficient (Wildman–Crippen LogP) is 7.05. The second-order valence-electron chi connectivity index (χ2n) is 9.23. The Hall–Kier alpha value is -2.08. The van der Waals surface area contributed by atoms with Gasteiger partial charge in [-0.3, -0.25) is 4.79 Å². The molecule has 3 aromatic rings. The zero-order valence-corrected chi connectivity index (χ0v) is 22.3. The van der Waals surface area contributed by atoms with Crippen molar-refractivity contribution in [1.29, 1.82) is 0 Å². The molecule has 1 atom stereocenters. The van der Waals surface area contributed by atoms with Crippen LogP contribution in [0.5, 0.6) is 0 Å². The number of carbonyl (C=O) groups excluding carboxylic acids is 1. The molecule has 0 N–H and O–H groups in total. The molecule has 4 rings (SSSR count). The number of amides is 1. The van der Waals surface area contributed by atoms with E-state index in [1.165, 1.54) is 12.8 Å². The van der Waals surface area contributed by atoms with Gasteiger partial charge < -0.3 is 14.7 Å². The van der Waals surface area contributed by atoms with Crippen molar-refractivity contribution in [3.63, 3.8) is 0 Å². The first-order valence-corrected chi connectivity index (χ1v) is 13.0. The minimum absolute atomic E-state index is 0.00719. The molecule has 35 heavy (non-hydrogen) atoms. The van der Waals surface area contributed by atoms with Crippen molar-refractivity contribution in [2.45, 2.75) is 18.9 Å². The first-order valence-electron chi connectivity index (χ1n) is 11.8. The highest BCUT2D eigenvalue weighted by Crippen LogP contribution is 2.35. The average Bonchev–Trinajstić information content (AvgIpc) is 3.34. The van der Waals surface area contributed by atoms with Gasteiger partial charge in [0.1, 0.15) is 0 Å².